The highest BCUT2D eigenvalue weighted by atomic mass is 16.5. The van der Waals surface area contributed by atoms with Gasteiger partial charge >= 0.3 is 0 Å². The van der Waals surface area contributed by atoms with Gasteiger partial charge in [0.2, 0.25) is 5.91 Å². The Morgan fingerprint density at radius 1 is 1.25 bits per heavy atom. The average Bonchev–Trinajstić information content (AvgIpc) is 3.03. The Morgan fingerprint density at radius 2 is 2.06 bits per heavy atom. The minimum absolute atomic E-state index is 0.229. The van der Waals surface area contributed by atoms with Gasteiger partial charge in [-0.1, -0.05) is 0 Å². The van der Waals surface area contributed by atoms with Crippen molar-refractivity contribution >= 4 is 5.91 Å². The quantitative estimate of drug-likeness (QED) is 0.655. The van der Waals surface area contributed by atoms with Gasteiger partial charge in [-0.2, -0.15) is 0 Å². The van der Waals surface area contributed by atoms with E-state index in [1.54, 1.807) is 0 Å². The highest BCUT2D eigenvalue weighted by Gasteiger charge is 2.29. The van der Waals surface area contributed by atoms with E-state index in [-0.39, 0.29) is 5.91 Å². The monoisotopic (exact) mass is 226 g/mol. The molecule has 0 radical (unpaired) electrons. The van der Waals surface area contributed by atoms with Crippen molar-refractivity contribution in [3.05, 3.63) is 0 Å². The summed E-state index contributed by atoms with van der Waals surface area (Å²) in [5, 5.41) is 6.26. The molecule has 0 aromatic carbocycles. The molecule has 16 heavy (non-hydrogen) atoms. The highest BCUT2D eigenvalue weighted by Crippen LogP contribution is 2.28. The second-order valence-electron chi connectivity index (χ2n) is 4.92. The normalized spacial score (nSPS) is 29.3. The first-order chi connectivity index (χ1) is 7.75. The molecule has 4 nitrogen and oxygen atoms in total. The zero-order valence-corrected chi connectivity index (χ0v) is 10.00. The van der Waals surface area contributed by atoms with Crippen LogP contribution in [-0.4, -0.2) is 37.7 Å². The van der Waals surface area contributed by atoms with Gasteiger partial charge in [0.05, 0.1) is 12.2 Å². The molecule has 0 spiro atoms. The van der Waals surface area contributed by atoms with E-state index >= 15 is 0 Å². The molecule has 2 atom stereocenters. The Hall–Kier alpha value is -0.610. The topological polar surface area (TPSA) is 50.4 Å². The SMILES string of the molecule is CC1CCC(CNCCNC(=O)C2CC2)O1. The summed E-state index contributed by atoms with van der Waals surface area (Å²) < 4.78 is 5.69. The molecule has 4 heteroatoms. The van der Waals surface area contributed by atoms with E-state index in [9.17, 15) is 4.79 Å². The minimum atomic E-state index is 0.229. The van der Waals surface area contributed by atoms with Crippen molar-refractivity contribution in [3.8, 4) is 0 Å². The lowest BCUT2D eigenvalue weighted by Gasteiger charge is -2.12. The van der Waals surface area contributed by atoms with Gasteiger partial charge in [-0.05, 0) is 32.6 Å². The number of hydrogen-bond donors (Lipinski definition) is 2. The number of ether oxygens (including phenoxy) is 1. The summed E-state index contributed by atoms with van der Waals surface area (Å²) in [5.74, 6) is 0.548. The van der Waals surface area contributed by atoms with E-state index in [0.29, 0.717) is 18.1 Å². The maximum absolute atomic E-state index is 11.3. The molecule has 0 aromatic rings. The van der Waals surface area contributed by atoms with Gasteiger partial charge in [-0.25, -0.2) is 0 Å². The minimum Gasteiger partial charge on any atom is -0.374 e. The smallest absolute Gasteiger partial charge is 0.223 e. The maximum Gasteiger partial charge on any atom is 0.223 e. The average molecular weight is 226 g/mol. The molecule has 1 aliphatic heterocycles. The third kappa shape index (κ3) is 3.76. The molecule has 2 unspecified atom stereocenters. The van der Waals surface area contributed by atoms with Crippen LogP contribution in [0.1, 0.15) is 32.6 Å². The van der Waals surface area contributed by atoms with E-state index in [2.05, 4.69) is 17.6 Å². The van der Waals surface area contributed by atoms with Crippen molar-refractivity contribution in [1.82, 2.24) is 10.6 Å². The van der Waals surface area contributed by atoms with E-state index in [1.165, 1.54) is 6.42 Å². The first-order valence-electron chi connectivity index (χ1n) is 6.39. The number of carbonyl (C=O) groups is 1. The van der Waals surface area contributed by atoms with Gasteiger partial charge in [0.1, 0.15) is 0 Å². The van der Waals surface area contributed by atoms with Crippen molar-refractivity contribution in [2.45, 2.75) is 44.8 Å². The summed E-state index contributed by atoms with van der Waals surface area (Å²) in [6.07, 6.45) is 5.27. The number of amides is 1. The fourth-order valence-electron chi connectivity index (χ4n) is 2.06. The fraction of sp³-hybridized carbons (Fsp3) is 0.917. The van der Waals surface area contributed by atoms with Crippen LogP contribution in [0.15, 0.2) is 0 Å². The Morgan fingerprint density at radius 3 is 2.69 bits per heavy atom. The van der Waals surface area contributed by atoms with Crippen LogP contribution in [0.2, 0.25) is 0 Å². The predicted octanol–water partition coefficient (Wildman–Crippen LogP) is 0.670. The van der Waals surface area contributed by atoms with E-state index in [0.717, 1.165) is 38.9 Å². The van der Waals surface area contributed by atoms with Crippen molar-refractivity contribution in [2.75, 3.05) is 19.6 Å². The molecule has 2 rings (SSSR count). The van der Waals surface area contributed by atoms with Crippen molar-refractivity contribution in [3.63, 3.8) is 0 Å². The van der Waals surface area contributed by atoms with Gasteiger partial charge in [-0.3, -0.25) is 4.79 Å². The zero-order chi connectivity index (χ0) is 11.4. The van der Waals surface area contributed by atoms with Crippen molar-refractivity contribution < 1.29 is 9.53 Å². The van der Waals surface area contributed by atoms with Crippen LogP contribution in [-0.2, 0) is 9.53 Å². The summed E-state index contributed by atoms with van der Waals surface area (Å²) >= 11 is 0. The molecule has 1 saturated heterocycles. The van der Waals surface area contributed by atoms with Crippen LogP contribution in [0.5, 0.6) is 0 Å². The Labute approximate surface area is 97.1 Å². The van der Waals surface area contributed by atoms with Crippen LogP contribution < -0.4 is 10.6 Å². The van der Waals surface area contributed by atoms with Crippen LogP contribution in [0.3, 0.4) is 0 Å². The van der Waals surface area contributed by atoms with Gasteiger partial charge in [0, 0.05) is 25.6 Å². The van der Waals surface area contributed by atoms with E-state index in [1.807, 2.05) is 0 Å². The van der Waals surface area contributed by atoms with Crippen molar-refractivity contribution in [2.24, 2.45) is 5.92 Å². The van der Waals surface area contributed by atoms with E-state index < -0.39 is 0 Å². The van der Waals surface area contributed by atoms with Crippen LogP contribution in [0.4, 0.5) is 0 Å². The van der Waals surface area contributed by atoms with Gasteiger partial charge in [0.25, 0.3) is 0 Å². The molecule has 1 heterocycles. The second kappa shape index (κ2) is 5.64. The predicted molar refractivity (Wildman–Crippen MR) is 62.2 cm³/mol. The summed E-state index contributed by atoms with van der Waals surface area (Å²) in [5.41, 5.74) is 0. The van der Waals surface area contributed by atoms with Gasteiger partial charge in [0.15, 0.2) is 0 Å². The molecule has 0 bridgehead atoms. The summed E-state index contributed by atoms with van der Waals surface area (Å²) in [4.78, 5) is 11.3. The largest absolute Gasteiger partial charge is 0.374 e. The molecule has 2 fully saturated rings. The first-order valence-corrected chi connectivity index (χ1v) is 6.39. The molecule has 1 amide bonds. The Kier molecular flexibility index (Phi) is 4.18. The molecular formula is C12H22N2O2. The maximum atomic E-state index is 11.3. The standard InChI is InChI=1S/C12H22N2O2/c1-9-2-5-11(16-9)8-13-6-7-14-12(15)10-3-4-10/h9-11,13H,2-8H2,1H3,(H,14,15). The lowest BCUT2D eigenvalue weighted by molar-refractivity contribution is -0.122. The van der Waals surface area contributed by atoms with Crippen LogP contribution >= 0.6 is 0 Å². The molecule has 92 valence electrons. The number of rotatable bonds is 6. The second-order valence-corrected chi connectivity index (χ2v) is 4.92. The Balaban J connectivity index is 1.44. The Bertz CT molecular complexity index is 241. The van der Waals surface area contributed by atoms with E-state index in [4.69, 9.17) is 4.74 Å². The molecule has 2 aliphatic rings. The molecule has 1 saturated carbocycles. The third-order valence-corrected chi connectivity index (χ3v) is 3.24. The molecular weight excluding hydrogens is 204 g/mol. The summed E-state index contributed by atoms with van der Waals surface area (Å²) in [7, 11) is 0. The van der Waals surface area contributed by atoms with Crippen LogP contribution in [0, 0.1) is 5.92 Å². The molecule has 0 aromatic heterocycles. The summed E-state index contributed by atoms with van der Waals surface area (Å²) in [6.45, 7) is 4.60. The molecule has 1 aliphatic carbocycles. The van der Waals surface area contributed by atoms with Crippen molar-refractivity contribution in [1.29, 1.82) is 0 Å². The fourth-order valence-corrected chi connectivity index (χ4v) is 2.06. The lowest BCUT2D eigenvalue weighted by atomic mass is 10.2. The van der Waals surface area contributed by atoms with Crippen LogP contribution in [0.25, 0.3) is 0 Å². The highest BCUT2D eigenvalue weighted by molar-refractivity contribution is 5.80. The lowest BCUT2D eigenvalue weighted by Crippen LogP contribution is -2.35. The third-order valence-electron chi connectivity index (χ3n) is 3.24. The number of carbonyl (C=O) groups excluding carboxylic acids is 1. The number of hydrogen-bond acceptors (Lipinski definition) is 3. The number of nitrogens with one attached hydrogen (secondary N) is 2. The zero-order valence-electron chi connectivity index (χ0n) is 10.00. The van der Waals surface area contributed by atoms with Gasteiger partial charge in [-0.15, -0.1) is 0 Å². The summed E-state index contributed by atoms with van der Waals surface area (Å²) in [6, 6.07) is 0. The first kappa shape index (κ1) is 11.9. The molecule has 2 N–H and O–H groups in total. The van der Waals surface area contributed by atoms with Gasteiger partial charge < -0.3 is 15.4 Å².